The number of nitrogens with zero attached hydrogens (tertiary/aromatic N) is 2. The third-order valence-corrected chi connectivity index (χ3v) is 7.95. The van der Waals surface area contributed by atoms with Crippen molar-refractivity contribution in [3.05, 3.63) is 95.2 Å². The summed E-state index contributed by atoms with van der Waals surface area (Å²) in [5, 5.41) is 1.91. The first-order valence-corrected chi connectivity index (χ1v) is 13.3. The molecule has 0 saturated carbocycles. The second kappa shape index (κ2) is 10.9. The molecule has 2 aromatic carbocycles. The number of carbonyl (C=O) groups is 1. The van der Waals surface area contributed by atoms with Gasteiger partial charge in [-0.1, -0.05) is 49.7 Å². The number of rotatable bonds is 9. The van der Waals surface area contributed by atoms with Gasteiger partial charge in [0, 0.05) is 11.6 Å². The molecule has 0 aliphatic carbocycles. The van der Waals surface area contributed by atoms with Crippen LogP contribution in [0.25, 0.3) is 5.70 Å². The molecule has 190 valence electrons. The maximum Gasteiger partial charge on any atom is 0.257 e. The maximum absolute atomic E-state index is 14.5. The molecule has 0 bridgehead atoms. The van der Waals surface area contributed by atoms with Gasteiger partial charge in [0.15, 0.2) is 0 Å². The van der Waals surface area contributed by atoms with E-state index in [9.17, 15) is 17.6 Å². The van der Waals surface area contributed by atoms with E-state index < -0.39 is 39.2 Å². The molecule has 3 aromatic rings. The Bertz CT molecular complexity index is 1340. The van der Waals surface area contributed by atoms with Gasteiger partial charge in [0.05, 0.1) is 18.5 Å². The average Bonchev–Trinajstić information content (AvgIpc) is 3.52. The van der Waals surface area contributed by atoms with E-state index in [1.807, 2.05) is 32.1 Å². The summed E-state index contributed by atoms with van der Waals surface area (Å²) in [7, 11) is -4.27. The predicted molar refractivity (Wildman–Crippen MR) is 135 cm³/mol. The first-order chi connectivity index (χ1) is 17.2. The zero-order valence-electron chi connectivity index (χ0n) is 19.9. The fourth-order valence-electron chi connectivity index (χ4n) is 3.85. The van der Waals surface area contributed by atoms with Gasteiger partial charge in [-0.25, -0.2) is 17.8 Å². The molecule has 1 amide bonds. The highest BCUT2D eigenvalue weighted by molar-refractivity contribution is 7.89. The van der Waals surface area contributed by atoms with Crippen molar-refractivity contribution in [3.8, 4) is 0 Å². The number of amides is 1. The smallest absolute Gasteiger partial charge is 0.257 e. The van der Waals surface area contributed by atoms with E-state index in [-0.39, 0.29) is 12.5 Å². The molecule has 0 radical (unpaired) electrons. The summed E-state index contributed by atoms with van der Waals surface area (Å²) in [6.45, 7) is 3.49. The molecule has 0 saturated heterocycles. The number of hydrogen-bond acceptors (Lipinski definition) is 5. The van der Waals surface area contributed by atoms with Crippen LogP contribution in [0.4, 0.5) is 4.39 Å². The third kappa shape index (κ3) is 5.64. The van der Waals surface area contributed by atoms with E-state index in [2.05, 4.69) is 5.43 Å². The van der Waals surface area contributed by atoms with Gasteiger partial charge in [0.1, 0.15) is 22.5 Å². The molecule has 36 heavy (non-hydrogen) atoms. The van der Waals surface area contributed by atoms with Crippen LogP contribution in [0.1, 0.15) is 37.6 Å². The van der Waals surface area contributed by atoms with Crippen LogP contribution >= 0.6 is 11.6 Å². The Morgan fingerprint density at radius 1 is 1.14 bits per heavy atom. The molecular weight excluding hydrogens is 505 g/mol. The Labute approximate surface area is 215 Å². The van der Waals surface area contributed by atoms with Crippen LogP contribution < -0.4 is 5.43 Å². The van der Waals surface area contributed by atoms with Crippen molar-refractivity contribution in [2.75, 3.05) is 13.1 Å². The molecule has 1 atom stereocenters. The van der Waals surface area contributed by atoms with E-state index >= 15 is 0 Å². The van der Waals surface area contributed by atoms with Crippen LogP contribution in [0.2, 0.25) is 5.02 Å². The fourth-order valence-corrected chi connectivity index (χ4v) is 5.45. The molecule has 0 fully saturated rings. The Morgan fingerprint density at radius 2 is 1.86 bits per heavy atom. The van der Waals surface area contributed by atoms with Crippen molar-refractivity contribution in [2.45, 2.75) is 31.2 Å². The molecule has 4 rings (SSSR count). The van der Waals surface area contributed by atoms with E-state index in [1.165, 1.54) is 29.5 Å². The topological polar surface area (TPSA) is 82.9 Å². The van der Waals surface area contributed by atoms with Crippen LogP contribution in [0.5, 0.6) is 0 Å². The van der Waals surface area contributed by atoms with Crippen molar-refractivity contribution in [2.24, 2.45) is 5.92 Å². The molecule has 1 N–H and O–H groups in total. The SMILES string of the molecule is CC(C)CCN(CC(=O)N1NC(c2ccc(Cl)cc2)=C[C@H]1c1ccco1)S(=O)(=O)c1ccccc1F. The Balaban J connectivity index is 1.63. The first-order valence-electron chi connectivity index (χ1n) is 11.5. The quantitative estimate of drug-likeness (QED) is 0.408. The lowest BCUT2D eigenvalue weighted by Gasteiger charge is -2.28. The zero-order valence-corrected chi connectivity index (χ0v) is 21.5. The van der Waals surface area contributed by atoms with Crippen LogP contribution in [-0.4, -0.2) is 36.7 Å². The monoisotopic (exact) mass is 531 g/mol. The number of nitrogens with one attached hydrogen (secondary N) is 1. The molecule has 7 nitrogen and oxygen atoms in total. The summed E-state index contributed by atoms with van der Waals surface area (Å²) in [4.78, 5) is 13.1. The van der Waals surface area contributed by atoms with E-state index in [0.717, 1.165) is 15.9 Å². The molecule has 0 unspecified atom stereocenters. The van der Waals surface area contributed by atoms with Crippen LogP contribution in [0, 0.1) is 11.7 Å². The first kappa shape index (κ1) is 25.9. The summed E-state index contributed by atoms with van der Waals surface area (Å²) < 4.78 is 47.8. The maximum atomic E-state index is 14.5. The summed E-state index contributed by atoms with van der Waals surface area (Å²) in [6.07, 6.45) is 3.83. The zero-order chi connectivity index (χ0) is 25.9. The average molecular weight is 532 g/mol. The van der Waals surface area contributed by atoms with Gasteiger partial charge in [-0.3, -0.25) is 10.2 Å². The van der Waals surface area contributed by atoms with Crippen molar-refractivity contribution in [1.29, 1.82) is 0 Å². The highest BCUT2D eigenvalue weighted by Crippen LogP contribution is 2.32. The normalized spacial score (nSPS) is 15.9. The molecule has 1 aliphatic heterocycles. The lowest BCUT2D eigenvalue weighted by Crippen LogP contribution is -2.47. The minimum Gasteiger partial charge on any atom is -0.467 e. The third-order valence-electron chi connectivity index (χ3n) is 5.82. The predicted octanol–water partition coefficient (Wildman–Crippen LogP) is 5.24. The molecule has 1 aromatic heterocycles. The lowest BCUT2D eigenvalue weighted by atomic mass is 10.1. The number of sulfonamides is 1. The Hall–Kier alpha value is -3.14. The fraction of sp³-hybridized carbons (Fsp3) is 0.269. The number of hydrazine groups is 1. The van der Waals surface area contributed by atoms with E-state index in [0.29, 0.717) is 22.9 Å². The van der Waals surface area contributed by atoms with Crippen molar-refractivity contribution in [1.82, 2.24) is 14.7 Å². The minimum absolute atomic E-state index is 0.0663. The highest BCUT2D eigenvalue weighted by Gasteiger charge is 2.36. The molecule has 1 aliphatic rings. The Kier molecular flexibility index (Phi) is 7.82. The van der Waals surface area contributed by atoms with Gasteiger partial charge < -0.3 is 4.42 Å². The number of furan rings is 1. The van der Waals surface area contributed by atoms with Gasteiger partial charge in [0.2, 0.25) is 10.0 Å². The molecule has 10 heteroatoms. The highest BCUT2D eigenvalue weighted by atomic mass is 35.5. The van der Waals surface area contributed by atoms with Crippen molar-refractivity contribution >= 4 is 33.2 Å². The number of benzene rings is 2. The van der Waals surface area contributed by atoms with Gasteiger partial charge in [-0.05, 0) is 60.4 Å². The van der Waals surface area contributed by atoms with Gasteiger partial charge in [-0.2, -0.15) is 4.31 Å². The standard InChI is InChI=1S/C26H27ClFN3O4S/c1-18(2)13-14-30(36(33,34)25-8-4-3-6-21(25)28)17-26(32)31-23(24-7-5-15-35-24)16-22(29-31)19-9-11-20(27)12-10-19/h3-12,15-16,18,23,29H,13-14,17H2,1-2H3/t23-/m0/s1. The van der Waals surface area contributed by atoms with Gasteiger partial charge >= 0.3 is 0 Å². The van der Waals surface area contributed by atoms with E-state index in [4.69, 9.17) is 16.0 Å². The molecular formula is C26H27ClFN3O4S. The van der Waals surface area contributed by atoms with Gasteiger partial charge in [-0.15, -0.1) is 0 Å². The summed E-state index contributed by atoms with van der Waals surface area (Å²) >= 11 is 6.01. The number of halogens is 2. The van der Waals surface area contributed by atoms with Crippen LogP contribution in [0.15, 0.2) is 82.3 Å². The Morgan fingerprint density at radius 3 is 2.50 bits per heavy atom. The van der Waals surface area contributed by atoms with Crippen LogP contribution in [-0.2, 0) is 14.8 Å². The summed E-state index contributed by atoms with van der Waals surface area (Å²) in [5.41, 5.74) is 4.52. The summed E-state index contributed by atoms with van der Waals surface area (Å²) in [5.74, 6) is -0.692. The van der Waals surface area contributed by atoms with Crippen molar-refractivity contribution in [3.63, 3.8) is 0 Å². The van der Waals surface area contributed by atoms with Crippen LogP contribution in [0.3, 0.4) is 0 Å². The number of hydrogen-bond donors (Lipinski definition) is 1. The minimum atomic E-state index is -4.27. The summed E-state index contributed by atoms with van der Waals surface area (Å²) in [6, 6.07) is 15.1. The molecule has 2 heterocycles. The number of carbonyl (C=O) groups excluding carboxylic acids is 1. The van der Waals surface area contributed by atoms with Crippen molar-refractivity contribution < 1.29 is 22.0 Å². The second-order valence-electron chi connectivity index (χ2n) is 8.87. The molecule has 0 spiro atoms. The van der Waals surface area contributed by atoms with E-state index in [1.54, 1.807) is 24.3 Å². The lowest BCUT2D eigenvalue weighted by molar-refractivity contribution is -0.135. The largest absolute Gasteiger partial charge is 0.467 e. The second-order valence-corrected chi connectivity index (χ2v) is 11.2. The van der Waals surface area contributed by atoms with Gasteiger partial charge in [0.25, 0.3) is 5.91 Å².